The van der Waals surface area contributed by atoms with Crippen molar-refractivity contribution in [3.63, 3.8) is 0 Å². The van der Waals surface area contributed by atoms with Gasteiger partial charge in [-0.05, 0) is 25.0 Å². The Morgan fingerprint density at radius 3 is 2.48 bits per heavy atom. The Hall–Kier alpha value is -1.58. The van der Waals surface area contributed by atoms with Crippen LogP contribution in [0.2, 0.25) is 0 Å². The van der Waals surface area contributed by atoms with E-state index in [-0.39, 0.29) is 13.0 Å². The first-order chi connectivity index (χ1) is 9.81. The largest absolute Gasteiger partial charge is 0.479 e. The van der Waals surface area contributed by atoms with Gasteiger partial charge >= 0.3 is 5.97 Å². The Balaban J connectivity index is 2.04. The monoisotopic (exact) mass is 321 g/mol. The summed E-state index contributed by atoms with van der Waals surface area (Å²) in [5.41, 5.74) is 0. The van der Waals surface area contributed by atoms with Gasteiger partial charge in [0.05, 0.1) is 6.10 Å². The molecule has 116 valence electrons. The lowest BCUT2D eigenvalue weighted by Crippen LogP contribution is -2.34. The maximum absolute atomic E-state index is 13.4. The van der Waals surface area contributed by atoms with E-state index in [1.54, 1.807) is 0 Å². The lowest BCUT2D eigenvalue weighted by molar-refractivity contribution is -0.149. The zero-order chi connectivity index (χ0) is 15.6. The Kier molecular flexibility index (Phi) is 4.55. The van der Waals surface area contributed by atoms with Crippen molar-refractivity contribution in [2.24, 2.45) is 0 Å². The number of aliphatic carboxylic acids is 1. The molecule has 2 rings (SSSR count). The summed E-state index contributed by atoms with van der Waals surface area (Å²) < 4.78 is 57.8. The summed E-state index contributed by atoms with van der Waals surface area (Å²) in [5, 5.41) is 8.75. The highest BCUT2D eigenvalue weighted by Gasteiger charge is 2.32. The summed E-state index contributed by atoms with van der Waals surface area (Å²) in [6.45, 7) is -0.250. The van der Waals surface area contributed by atoms with Gasteiger partial charge in [-0.2, -0.15) is 0 Å². The minimum Gasteiger partial charge on any atom is -0.479 e. The van der Waals surface area contributed by atoms with E-state index in [2.05, 4.69) is 0 Å². The smallest absolute Gasteiger partial charge is 0.332 e. The number of sulfonamides is 1. The number of carboxylic acid groups (broad SMARTS) is 1. The van der Waals surface area contributed by atoms with E-state index >= 15 is 0 Å². The molecule has 0 bridgehead atoms. The number of nitrogens with one attached hydrogen (secondary N) is 1. The van der Waals surface area contributed by atoms with Gasteiger partial charge in [0.15, 0.2) is 11.0 Å². The minimum absolute atomic E-state index is 0.250. The van der Waals surface area contributed by atoms with Gasteiger partial charge in [-0.1, -0.05) is 6.07 Å². The molecule has 2 atom stereocenters. The molecule has 0 saturated carbocycles. The number of carboxylic acids is 1. The van der Waals surface area contributed by atoms with Crippen LogP contribution in [0.4, 0.5) is 8.78 Å². The lowest BCUT2D eigenvalue weighted by atomic mass is 10.2. The van der Waals surface area contributed by atoms with Crippen LogP contribution >= 0.6 is 0 Å². The summed E-state index contributed by atoms with van der Waals surface area (Å²) in [6.07, 6.45) is -1.02. The Morgan fingerprint density at radius 1 is 1.33 bits per heavy atom. The molecule has 6 nitrogen and oxygen atoms in total. The van der Waals surface area contributed by atoms with Gasteiger partial charge in [-0.3, -0.25) is 0 Å². The third-order valence-corrected chi connectivity index (χ3v) is 4.55. The number of ether oxygens (including phenoxy) is 1. The molecule has 1 aliphatic heterocycles. The van der Waals surface area contributed by atoms with E-state index < -0.39 is 44.7 Å². The molecule has 1 saturated heterocycles. The van der Waals surface area contributed by atoms with Gasteiger partial charge in [0.2, 0.25) is 10.0 Å². The Morgan fingerprint density at radius 2 is 1.95 bits per heavy atom. The Labute approximate surface area is 119 Å². The molecule has 1 aliphatic rings. The molecule has 1 aromatic carbocycles. The molecule has 2 unspecified atom stereocenters. The average Bonchev–Trinajstić information content (AvgIpc) is 2.85. The SMILES string of the molecule is O=C(O)C1CCC(CNS(=O)(=O)c2c(F)cccc2F)O1. The second-order valence-electron chi connectivity index (χ2n) is 4.57. The fraction of sp³-hybridized carbons (Fsp3) is 0.417. The fourth-order valence-electron chi connectivity index (χ4n) is 2.05. The van der Waals surface area contributed by atoms with Crippen LogP contribution in [-0.2, 0) is 19.6 Å². The normalized spacial score (nSPS) is 22.4. The number of hydrogen-bond acceptors (Lipinski definition) is 4. The van der Waals surface area contributed by atoms with Gasteiger partial charge in [0.1, 0.15) is 11.6 Å². The highest BCUT2D eigenvalue weighted by atomic mass is 32.2. The first kappa shape index (κ1) is 15.8. The van der Waals surface area contributed by atoms with Crippen molar-refractivity contribution in [1.29, 1.82) is 0 Å². The zero-order valence-electron chi connectivity index (χ0n) is 10.8. The number of hydrogen-bond donors (Lipinski definition) is 2. The molecular weight excluding hydrogens is 308 g/mol. The van der Waals surface area contributed by atoms with Gasteiger partial charge in [-0.25, -0.2) is 26.7 Å². The van der Waals surface area contributed by atoms with Crippen LogP contribution in [-0.4, -0.2) is 38.2 Å². The highest BCUT2D eigenvalue weighted by Crippen LogP contribution is 2.21. The van der Waals surface area contributed by atoms with Crippen molar-refractivity contribution in [1.82, 2.24) is 4.72 Å². The standard InChI is InChI=1S/C12H13F2NO5S/c13-8-2-1-3-9(14)11(8)21(18,19)15-6-7-4-5-10(20-7)12(16)17/h1-3,7,10,15H,4-6H2,(H,16,17). The van der Waals surface area contributed by atoms with Crippen LogP contribution in [0.15, 0.2) is 23.1 Å². The quantitative estimate of drug-likeness (QED) is 0.840. The number of benzene rings is 1. The average molecular weight is 321 g/mol. The zero-order valence-corrected chi connectivity index (χ0v) is 11.6. The van der Waals surface area contributed by atoms with Crippen LogP contribution in [0.1, 0.15) is 12.8 Å². The third kappa shape index (κ3) is 3.55. The van der Waals surface area contributed by atoms with Gasteiger partial charge in [0, 0.05) is 6.54 Å². The van der Waals surface area contributed by atoms with Crippen LogP contribution in [0.3, 0.4) is 0 Å². The molecular formula is C12H13F2NO5S. The minimum atomic E-state index is -4.37. The van der Waals surface area contributed by atoms with E-state index in [0.717, 1.165) is 18.2 Å². The molecule has 1 aromatic rings. The maximum atomic E-state index is 13.4. The molecule has 0 radical (unpaired) electrons. The van der Waals surface area contributed by atoms with Crippen molar-refractivity contribution in [3.8, 4) is 0 Å². The van der Waals surface area contributed by atoms with Crippen LogP contribution < -0.4 is 4.72 Å². The topological polar surface area (TPSA) is 92.7 Å². The summed E-state index contributed by atoms with van der Waals surface area (Å²) in [7, 11) is -4.37. The number of halogens is 2. The highest BCUT2D eigenvalue weighted by molar-refractivity contribution is 7.89. The summed E-state index contributed by atoms with van der Waals surface area (Å²) in [5.74, 6) is -3.52. The maximum Gasteiger partial charge on any atom is 0.332 e. The van der Waals surface area contributed by atoms with Crippen LogP contribution in [0, 0.1) is 11.6 Å². The molecule has 2 N–H and O–H groups in total. The summed E-state index contributed by atoms with van der Waals surface area (Å²) in [4.78, 5) is 9.64. The van der Waals surface area contributed by atoms with E-state index in [0.29, 0.717) is 6.42 Å². The Bertz CT molecular complexity index is 629. The van der Waals surface area contributed by atoms with Gasteiger partial charge in [0.25, 0.3) is 0 Å². The van der Waals surface area contributed by atoms with Gasteiger partial charge < -0.3 is 9.84 Å². The van der Waals surface area contributed by atoms with Crippen molar-refractivity contribution < 1.29 is 31.8 Å². The number of rotatable bonds is 5. The fourth-order valence-corrected chi connectivity index (χ4v) is 3.25. The molecule has 9 heteroatoms. The van der Waals surface area contributed by atoms with Crippen molar-refractivity contribution in [2.75, 3.05) is 6.54 Å². The van der Waals surface area contributed by atoms with E-state index in [1.165, 1.54) is 0 Å². The summed E-state index contributed by atoms with van der Waals surface area (Å²) in [6, 6.07) is 2.73. The van der Waals surface area contributed by atoms with Crippen LogP contribution in [0.25, 0.3) is 0 Å². The third-order valence-electron chi connectivity index (χ3n) is 3.07. The second-order valence-corrected chi connectivity index (χ2v) is 6.27. The molecule has 0 amide bonds. The first-order valence-electron chi connectivity index (χ1n) is 6.13. The van der Waals surface area contributed by atoms with E-state index in [4.69, 9.17) is 9.84 Å². The van der Waals surface area contributed by atoms with E-state index in [9.17, 15) is 22.0 Å². The van der Waals surface area contributed by atoms with Crippen molar-refractivity contribution in [2.45, 2.75) is 29.9 Å². The van der Waals surface area contributed by atoms with Gasteiger partial charge in [-0.15, -0.1) is 0 Å². The summed E-state index contributed by atoms with van der Waals surface area (Å²) >= 11 is 0. The molecule has 1 fully saturated rings. The molecule has 1 heterocycles. The number of carbonyl (C=O) groups is 1. The second kappa shape index (κ2) is 6.04. The predicted octanol–water partition coefficient (Wildman–Crippen LogP) is 0.875. The lowest BCUT2D eigenvalue weighted by Gasteiger charge is -2.13. The molecule has 21 heavy (non-hydrogen) atoms. The molecule has 0 aliphatic carbocycles. The predicted molar refractivity (Wildman–Crippen MR) is 67.1 cm³/mol. The van der Waals surface area contributed by atoms with E-state index in [1.807, 2.05) is 4.72 Å². The molecule has 0 spiro atoms. The van der Waals surface area contributed by atoms with Crippen molar-refractivity contribution >= 4 is 16.0 Å². The van der Waals surface area contributed by atoms with Crippen LogP contribution in [0.5, 0.6) is 0 Å². The molecule has 0 aromatic heterocycles. The van der Waals surface area contributed by atoms with Crippen molar-refractivity contribution in [3.05, 3.63) is 29.8 Å². The first-order valence-corrected chi connectivity index (χ1v) is 7.61.